The first kappa shape index (κ1) is 10.2. The summed E-state index contributed by atoms with van der Waals surface area (Å²) in [6.45, 7) is 0.367. The van der Waals surface area contributed by atoms with Crippen molar-refractivity contribution in [3.05, 3.63) is 47.8 Å². The molecule has 0 atom stereocenters. The van der Waals surface area contributed by atoms with Gasteiger partial charge in [0.15, 0.2) is 0 Å². The molecule has 0 spiro atoms. The lowest BCUT2D eigenvalue weighted by molar-refractivity contribution is 0.0946. The molecule has 0 unspecified atom stereocenters. The number of aromatic hydroxyl groups is 1. The number of carbonyl (C=O) groups excluding carboxylic acids is 1. The number of rotatable bonds is 3. The van der Waals surface area contributed by atoms with Gasteiger partial charge < -0.3 is 10.4 Å². The van der Waals surface area contributed by atoms with Gasteiger partial charge in [-0.25, -0.2) is 0 Å². The number of nitrogens with zero attached hydrogens (tertiary/aromatic N) is 1. The number of phenolic OH excluding ortho intramolecular Hbond substituents is 1. The van der Waals surface area contributed by atoms with E-state index in [2.05, 4.69) is 15.5 Å². The van der Waals surface area contributed by atoms with E-state index in [0.29, 0.717) is 12.2 Å². The summed E-state index contributed by atoms with van der Waals surface area (Å²) in [6.07, 6.45) is 1.52. The molecular weight excluding hydrogens is 206 g/mol. The van der Waals surface area contributed by atoms with Crippen LogP contribution in [0.15, 0.2) is 36.5 Å². The lowest BCUT2D eigenvalue weighted by atomic mass is 10.2. The number of phenols is 1. The standard InChI is InChI=1S/C11H11N3O2/c15-9-3-1-2-8(6-9)7-12-11(16)10-4-5-13-14-10/h1-6,15H,7H2,(H,12,16)(H,13,14). The van der Waals surface area contributed by atoms with Crippen molar-refractivity contribution in [2.24, 2.45) is 0 Å². The van der Waals surface area contributed by atoms with E-state index in [0.717, 1.165) is 5.56 Å². The fourth-order valence-corrected chi connectivity index (χ4v) is 1.33. The summed E-state index contributed by atoms with van der Waals surface area (Å²) in [6, 6.07) is 8.34. The van der Waals surface area contributed by atoms with Crippen LogP contribution in [0.5, 0.6) is 5.75 Å². The number of aromatic amines is 1. The third-order valence-corrected chi connectivity index (χ3v) is 2.11. The molecular formula is C11H11N3O2. The van der Waals surface area contributed by atoms with Crippen molar-refractivity contribution in [1.29, 1.82) is 0 Å². The minimum absolute atomic E-state index is 0.188. The zero-order valence-electron chi connectivity index (χ0n) is 8.47. The highest BCUT2D eigenvalue weighted by Crippen LogP contribution is 2.10. The fourth-order valence-electron chi connectivity index (χ4n) is 1.33. The van der Waals surface area contributed by atoms with Gasteiger partial charge in [0.2, 0.25) is 0 Å². The molecule has 0 saturated carbocycles. The maximum absolute atomic E-state index is 11.5. The van der Waals surface area contributed by atoms with Crippen LogP contribution in [0.1, 0.15) is 16.1 Å². The second-order valence-corrected chi connectivity index (χ2v) is 3.32. The topological polar surface area (TPSA) is 78.0 Å². The molecule has 0 aliphatic heterocycles. The Labute approximate surface area is 92.1 Å². The number of hydrogen-bond acceptors (Lipinski definition) is 3. The van der Waals surface area contributed by atoms with Crippen molar-refractivity contribution >= 4 is 5.91 Å². The monoisotopic (exact) mass is 217 g/mol. The molecule has 0 aliphatic carbocycles. The minimum atomic E-state index is -0.221. The summed E-state index contributed by atoms with van der Waals surface area (Å²) < 4.78 is 0. The zero-order valence-corrected chi connectivity index (χ0v) is 8.47. The van der Waals surface area contributed by atoms with Crippen molar-refractivity contribution in [2.45, 2.75) is 6.54 Å². The van der Waals surface area contributed by atoms with Crippen LogP contribution in [0.4, 0.5) is 0 Å². The van der Waals surface area contributed by atoms with Gasteiger partial charge in [0, 0.05) is 12.7 Å². The van der Waals surface area contributed by atoms with E-state index in [4.69, 9.17) is 0 Å². The molecule has 0 radical (unpaired) electrons. The average Bonchev–Trinajstić information content (AvgIpc) is 2.79. The highest BCUT2D eigenvalue weighted by atomic mass is 16.3. The Balaban J connectivity index is 1.95. The lowest BCUT2D eigenvalue weighted by Crippen LogP contribution is -2.23. The SMILES string of the molecule is O=C(NCc1cccc(O)c1)c1ccn[nH]1. The zero-order chi connectivity index (χ0) is 11.4. The van der Waals surface area contributed by atoms with E-state index in [1.54, 1.807) is 24.3 Å². The van der Waals surface area contributed by atoms with Gasteiger partial charge >= 0.3 is 0 Å². The number of amides is 1. The fraction of sp³-hybridized carbons (Fsp3) is 0.0909. The molecule has 5 heteroatoms. The Morgan fingerprint density at radius 3 is 3.00 bits per heavy atom. The maximum atomic E-state index is 11.5. The number of hydrogen-bond donors (Lipinski definition) is 3. The molecule has 5 nitrogen and oxygen atoms in total. The Bertz CT molecular complexity index is 480. The first-order valence-electron chi connectivity index (χ1n) is 4.81. The summed E-state index contributed by atoms with van der Waals surface area (Å²) in [5.74, 6) is -0.0332. The minimum Gasteiger partial charge on any atom is -0.508 e. The van der Waals surface area contributed by atoms with Gasteiger partial charge in [-0.15, -0.1) is 0 Å². The van der Waals surface area contributed by atoms with Crippen molar-refractivity contribution in [1.82, 2.24) is 15.5 Å². The maximum Gasteiger partial charge on any atom is 0.269 e. The van der Waals surface area contributed by atoms with E-state index < -0.39 is 0 Å². The second-order valence-electron chi connectivity index (χ2n) is 3.32. The quantitative estimate of drug-likeness (QED) is 0.719. The summed E-state index contributed by atoms with van der Waals surface area (Å²) in [4.78, 5) is 11.5. The van der Waals surface area contributed by atoms with Crippen LogP contribution in [0, 0.1) is 0 Å². The van der Waals surface area contributed by atoms with Gasteiger partial charge in [-0.2, -0.15) is 5.10 Å². The normalized spacial score (nSPS) is 10.0. The summed E-state index contributed by atoms with van der Waals surface area (Å²) >= 11 is 0. The molecule has 1 aromatic carbocycles. The lowest BCUT2D eigenvalue weighted by Gasteiger charge is -2.03. The van der Waals surface area contributed by atoms with Crippen molar-refractivity contribution in [2.75, 3.05) is 0 Å². The molecule has 16 heavy (non-hydrogen) atoms. The van der Waals surface area contributed by atoms with E-state index in [1.807, 2.05) is 6.07 Å². The number of nitrogens with one attached hydrogen (secondary N) is 2. The Hall–Kier alpha value is -2.30. The molecule has 0 bridgehead atoms. The number of H-pyrrole nitrogens is 1. The Morgan fingerprint density at radius 1 is 1.44 bits per heavy atom. The predicted octanol–water partition coefficient (Wildman–Crippen LogP) is 1.05. The second kappa shape index (κ2) is 4.48. The molecule has 1 amide bonds. The highest BCUT2D eigenvalue weighted by molar-refractivity contribution is 5.91. The number of carbonyl (C=O) groups is 1. The molecule has 2 rings (SSSR count). The van der Waals surface area contributed by atoms with Gasteiger partial charge in [-0.05, 0) is 23.8 Å². The van der Waals surface area contributed by atoms with Gasteiger partial charge in [-0.3, -0.25) is 9.89 Å². The third kappa shape index (κ3) is 2.38. The molecule has 0 aliphatic rings. The third-order valence-electron chi connectivity index (χ3n) is 2.11. The smallest absolute Gasteiger partial charge is 0.269 e. The van der Waals surface area contributed by atoms with E-state index in [9.17, 15) is 9.90 Å². The molecule has 3 N–H and O–H groups in total. The number of benzene rings is 1. The van der Waals surface area contributed by atoms with Crippen molar-refractivity contribution in [3.8, 4) is 5.75 Å². The Kier molecular flexibility index (Phi) is 2.86. The van der Waals surface area contributed by atoms with Crippen LogP contribution in [-0.2, 0) is 6.54 Å². The molecule has 0 fully saturated rings. The van der Waals surface area contributed by atoms with Gasteiger partial charge in [0.05, 0.1) is 0 Å². The molecule has 1 aromatic heterocycles. The summed E-state index contributed by atoms with van der Waals surface area (Å²) in [7, 11) is 0. The van der Waals surface area contributed by atoms with Crippen LogP contribution < -0.4 is 5.32 Å². The average molecular weight is 217 g/mol. The van der Waals surface area contributed by atoms with Crippen LogP contribution in [-0.4, -0.2) is 21.2 Å². The molecule has 2 aromatic rings. The van der Waals surface area contributed by atoms with Gasteiger partial charge in [0.25, 0.3) is 5.91 Å². The summed E-state index contributed by atoms with van der Waals surface area (Å²) in [5, 5.41) is 18.2. The Morgan fingerprint density at radius 2 is 2.31 bits per heavy atom. The largest absolute Gasteiger partial charge is 0.508 e. The van der Waals surface area contributed by atoms with Crippen molar-refractivity contribution < 1.29 is 9.90 Å². The highest BCUT2D eigenvalue weighted by Gasteiger charge is 2.05. The van der Waals surface area contributed by atoms with Gasteiger partial charge in [0.1, 0.15) is 11.4 Å². The van der Waals surface area contributed by atoms with Crippen LogP contribution in [0.25, 0.3) is 0 Å². The molecule has 82 valence electrons. The van der Waals surface area contributed by atoms with Crippen LogP contribution in [0.2, 0.25) is 0 Å². The predicted molar refractivity (Wildman–Crippen MR) is 57.9 cm³/mol. The van der Waals surface area contributed by atoms with Gasteiger partial charge in [-0.1, -0.05) is 12.1 Å². The summed E-state index contributed by atoms with van der Waals surface area (Å²) in [5.41, 5.74) is 1.26. The molecule has 0 saturated heterocycles. The van der Waals surface area contributed by atoms with Crippen molar-refractivity contribution in [3.63, 3.8) is 0 Å². The van der Waals surface area contributed by atoms with E-state index in [-0.39, 0.29) is 11.7 Å². The van der Waals surface area contributed by atoms with Crippen LogP contribution >= 0.6 is 0 Å². The first-order chi connectivity index (χ1) is 7.75. The first-order valence-corrected chi connectivity index (χ1v) is 4.81. The number of aromatic nitrogens is 2. The van der Waals surface area contributed by atoms with Crippen LogP contribution in [0.3, 0.4) is 0 Å². The van der Waals surface area contributed by atoms with E-state index in [1.165, 1.54) is 6.20 Å². The molecule has 1 heterocycles. The van der Waals surface area contributed by atoms with E-state index >= 15 is 0 Å².